The summed E-state index contributed by atoms with van der Waals surface area (Å²) < 4.78 is 2.45. The van der Waals surface area contributed by atoms with E-state index in [9.17, 15) is 9.59 Å². The Hall–Kier alpha value is -1.85. The third kappa shape index (κ3) is 2.96. The number of aromatic nitrogens is 1. The summed E-state index contributed by atoms with van der Waals surface area (Å²) in [5, 5.41) is 5.26. The van der Waals surface area contributed by atoms with Gasteiger partial charge in [0, 0.05) is 28.2 Å². The van der Waals surface area contributed by atoms with Crippen LogP contribution >= 0.6 is 22.9 Å². The molecule has 2 aromatic heterocycles. The topological polar surface area (TPSA) is 51.1 Å². The van der Waals surface area contributed by atoms with Crippen LogP contribution in [-0.2, 0) is 7.05 Å². The average molecular weight is 375 g/mol. The van der Waals surface area contributed by atoms with E-state index in [0.29, 0.717) is 15.3 Å². The van der Waals surface area contributed by atoms with Gasteiger partial charge in [-0.3, -0.25) is 9.59 Å². The first-order valence-corrected chi connectivity index (χ1v) is 9.76. The lowest BCUT2D eigenvalue weighted by atomic mass is 9.95. The summed E-state index contributed by atoms with van der Waals surface area (Å²) in [6.07, 6.45) is 5.67. The molecule has 1 N–H and O–H groups in total. The average Bonchev–Trinajstić information content (AvgIpc) is 3.06. The highest BCUT2D eigenvalue weighted by Crippen LogP contribution is 2.31. The maximum Gasteiger partial charge on any atom is 0.261 e. The molecule has 3 aromatic rings. The number of carbonyl (C=O) groups excluding carboxylic acids is 1. The Morgan fingerprint density at radius 1 is 1.20 bits per heavy atom. The molecule has 0 radical (unpaired) electrons. The molecular weight excluding hydrogens is 356 g/mol. The van der Waals surface area contributed by atoms with Crippen LogP contribution in [0.2, 0.25) is 5.02 Å². The Morgan fingerprint density at radius 3 is 2.72 bits per heavy atom. The quantitative estimate of drug-likeness (QED) is 0.719. The minimum atomic E-state index is -0.0993. The highest BCUT2D eigenvalue weighted by molar-refractivity contribution is 7.21. The number of aryl methyl sites for hydroxylation is 1. The van der Waals surface area contributed by atoms with Crippen molar-refractivity contribution >= 4 is 49.8 Å². The number of hydrogen-bond acceptors (Lipinski definition) is 3. The van der Waals surface area contributed by atoms with Crippen LogP contribution in [0.3, 0.4) is 0 Å². The van der Waals surface area contributed by atoms with E-state index in [1.54, 1.807) is 23.7 Å². The largest absolute Gasteiger partial charge is 0.349 e. The molecule has 1 aliphatic carbocycles. The summed E-state index contributed by atoms with van der Waals surface area (Å²) in [5.74, 6) is -0.0720. The summed E-state index contributed by atoms with van der Waals surface area (Å²) in [6, 6.07) is 7.51. The van der Waals surface area contributed by atoms with Gasteiger partial charge in [-0.2, -0.15) is 0 Å². The van der Waals surface area contributed by atoms with E-state index in [0.717, 1.165) is 28.4 Å². The SMILES string of the molecule is Cn1c(=O)c2cc(C(=O)NC3CCCCC3)sc2c2ccc(Cl)cc21. The zero-order valence-electron chi connectivity index (χ0n) is 14.0. The number of nitrogens with one attached hydrogen (secondary N) is 1. The van der Waals surface area contributed by atoms with Crippen LogP contribution in [0.1, 0.15) is 41.8 Å². The molecule has 1 fully saturated rings. The second-order valence-electron chi connectivity index (χ2n) is 6.69. The van der Waals surface area contributed by atoms with Gasteiger partial charge in [0.1, 0.15) is 0 Å². The van der Waals surface area contributed by atoms with Crippen molar-refractivity contribution in [3.63, 3.8) is 0 Å². The predicted molar refractivity (Wildman–Crippen MR) is 104 cm³/mol. The molecule has 0 saturated heterocycles. The van der Waals surface area contributed by atoms with Gasteiger partial charge in [-0.25, -0.2) is 0 Å². The van der Waals surface area contributed by atoms with Gasteiger partial charge in [0.15, 0.2) is 0 Å². The van der Waals surface area contributed by atoms with Crippen LogP contribution in [-0.4, -0.2) is 16.5 Å². The second kappa shape index (κ2) is 6.46. The Balaban J connectivity index is 1.79. The highest BCUT2D eigenvalue weighted by Gasteiger charge is 2.20. The predicted octanol–water partition coefficient (Wildman–Crippen LogP) is 4.47. The van der Waals surface area contributed by atoms with E-state index in [-0.39, 0.29) is 17.5 Å². The molecule has 4 rings (SSSR count). The molecule has 0 bridgehead atoms. The maximum atomic E-state index is 12.7. The van der Waals surface area contributed by atoms with Crippen molar-refractivity contribution in [3.8, 4) is 0 Å². The first-order valence-electron chi connectivity index (χ1n) is 8.57. The molecule has 6 heteroatoms. The zero-order valence-corrected chi connectivity index (χ0v) is 15.5. The molecule has 0 unspecified atom stereocenters. The van der Waals surface area contributed by atoms with Gasteiger partial charge in [0.05, 0.1) is 15.8 Å². The number of amides is 1. The van der Waals surface area contributed by atoms with Crippen molar-refractivity contribution in [2.75, 3.05) is 0 Å². The van der Waals surface area contributed by atoms with Crippen molar-refractivity contribution < 1.29 is 4.79 Å². The van der Waals surface area contributed by atoms with Crippen LogP contribution in [0.4, 0.5) is 0 Å². The minimum Gasteiger partial charge on any atom is -0.349 e. The van der Waals surface area contributed by atoms with E-state index < -0.39 is 0 Å². The van der Waals surface area contributed by atoms with E-state index in [1.807, 2.05) is 12.1 Å². The number of benzene rings is 1. The number of nitrogens with zero attached hydrogens (tertiary/aromatic N) is 1. The summed E-state index contributed by atoms with van der Waals surface area (Å²) in [4.78, 5) is 25.9. The number of hydrogen-bond donors (Lipinski definition) is 1. The van der Waals surface area contributed by atoms with Crippen molar-refractivity contribution in [2.45, 2.75) is 38.1 Å². The number of carbonyl (C=O) groups is 1. The third-order valence-corrected chi connectivity index (χ3v) is 6.40. The van der Waals surface area contributed by atoms with Gasteiger partial charge < -0.3 is 9.88 Å². The lowest BCUT2D eigenvalue weighted by Gasteiger charge is -2.22. The maximum absolute atomic E-state index is 12.7. The molecule has 1 aliphatic rings. The monoisotopic (exact) mass is 374 g/mol. The van der Waals surface area contributed by atoms with Gasteiger partial charge in [-0.15, -0.1) is 11.3 Å². The smallest absolute Gasteiger partial charge is 0.261 e. The molecule has 0 atom stereocenters. The van der Waals surface area contributed by atoms with Gasteiger partial charge in [-0.05, 0) is 37.1 Å². The van der Waals surface area contributed by atoms with Gasteiger partial charge in [-0.1, -0.05) is 30.9 Å². The Morgan fingerprint density at radius 2 is 1.96 bits per heavy atom. The van der Waals surface area contributed by atoms with Gasteiger partial charge in [0.25, 0.3) is 11.5 Å². The number of halogens is 1. The molecule has 130 valence electrons. The molecule has 2 heterocycles. The van der Waals surface area contributed by atoms with E-state index in [2.05, 4.69) is 5.32 Å². The second-order valence-corrected chi connectivity index (χ2v) is 8.18. The fourth-order valence-electron chi connectivity index (χ4n) is 3.63. The lowest BCUT2D eigenvalue weighted by molar-refractivity contribution is 0.0932. The fraction of sp³-hybridized carbons (Fsp3) is 0.368. The first kappa shape index (κ1) is 16.6. The third-order valence-electron chi connectivity index (χ3n) is 5.00. The molecule has 1 amide bonds. The summed E-state index contributed by atoms with van der Waals surface area (Å²) in [6.45, 7) is 0. The molecule has 4 nitrogen and oxygen atoms in total. The molecule has 1 aromatic carbocycles. The van der Waals surface area contributed by atoms with Gasteiger partial charge >= 0.3 is 0 Å². The molecule has 1 saturated carbocycles. The Bertz CT molecular complexity index is 1030. The lowest BCUT2D eigenvalue weighted by Crippen LogP contribution is -2.35. The molecule has 25 heavy (non-hydrogen) atoms. The fourth-order valence-corrected chi connectivity index (χ4v) is 4.88. The number of rotatable bonds is 2. The van der Waals surface area contributed by atoms with Crippen molar-refractivity contribution in [3.05, 3.63) is 44.5 Å². The van der Waals surface area contributed by atoms with Crippen LogP contribution in [0, 0.1) is 0 Å². The van der Waals surface area contributed by atoms with Crippen LogP contribution in [0.15, 0.2) is 29.1 Å². The summed E-state index contributed by atoms with van der Waals surface area (Å²) in [5.41, 5.74) is 0.684. The van der Waals surface area contributed by atoms with Crippen LogP contribution < -0.4 is 10.9 Å². The number of pyridine rings is 1. The van der Waals surface area contributed by atoms with E-state index in [1.165, 1.54) is 30.6 Å². The first-order chi connectivity index (χ1) is 12.0. The van der Waals surface area contributed by atoms with Crippen molar-refractivity contribution in [1.82, 2.24) is 9.88 Å². The molecule has 0 aliphatic heterocycles. The van der Waals surface area contributed by atoms with Crippen molar-refractivity contribution in [1.29, 1.82) is 0 Å². The number of fused-ring (bicyclic) bond motifs is 3. The minimum absolute atomic E-state index is 0.0720. The van der Waals surface area contributed by atoms with E-state index >= 15 is 0 Å². The Kier molecular flexibility index (Phi) is 4.29. The van der Waals surface area contributed by atoms with Crippen LogP contribution in [0.25, 0.3) is 21.0 Å². The number of thiophene rings is 1. The van der Waals surface area contributed by atoms with Gasteiger partial charge in [0.2, 0.25) is 0 Å². The Labute approximate surface area is 154 Å². The van der Waals surface area contributed by atoms with Crippen LogP contribution in [0.5, 0.6) is 0 Å². The zero-order chi connectivity index (χ0) is 17.6. The summed E-state index contributed by atoms with van der Waals surface area (Å²) >= 11 is 7.47. The van der Waals surface area contributed by atoms with Crippen molar-refractivity contribution in [2.24, 2.45) is 7.05 Å². The molecular formula is C19H19ClN2O2S. The van der Waals surface area contributed by atoms with E-state index in [4.69, 9.17) is 11.6 Å². The highest BCUT2D eigenvalue weighted by atomic mass is 35.5. The normalized spacial score (nSPS) is 15.8. The standard InChI is InChI=1S/C19H19ClN2O2S/c1-22-15-9-11(20)7-8-13(15)17-14(19(22)24)10-16(25-17)18(23)21-12-5-3-2-4-6-12/h7-10,12H,2-6H2,1H3,(H,21,23). The molecule has 0 spiro atoms. The summed E-state index contributed by atoms with van der Waals surface area (Å²) in [7, 11) is 1.74.